The van der Waals surface area contributed by atoms with Crippen molar-refractivity contribution in [2.75, 3.05) is 4.90 Å². The Morgan fingerprint density at radius 2 is 1.94 bits per heavy atom. The lowest BCUT2D eigenvalue weighted by atomic mass is 10.1. The van der Waals surface area contributed by atoms with Gasteiger partial charge < -0.3 is 0 Å². The quantitative estimate of drug-likeness (QED) is 0.755. The molecule has 1 amide bonds. The summed E-state index contributed by atoms with van der Waals surface area (Å²) in [7, 11) is 0. The summed E-state index contributed by atoms with van der Waals surface area (Å²) in [6.45, 7) is 15.2. The van der Waals surface area contributed by atoms with Crippen LogP contribution in [0.5, 0.6) is 0 Å². The van der Waals surface area contributed by atoms with E-state index in [4.69, 9.17) is 0 Å². The molecule has 0 fully saturated rings. The van der Waals surface area contributed by atoms with E-state index in [1.165, 1.54) is 17.2 Å². The number of hydrogen-bond acceptors (Lipinski definition) is 2. The Balaban J connectivity index is 0.00000137. The lowest BCUT2D eigenvalue weighted by Crippen LogP contribution is -2.23. The molecule has 0 saturated heterocycles. The third kappa shape index (κ3) is 4.17. The molecule has 0 unspecified atom stereocenters. The monoisotopic (exact) mass is 246 g/mol. The molecule has 0 saturated carbocycles. The van der Waals surface area contributed by atoms with Crippen molar-refractivity contribution in [2.24, 2.45) is 0 Å². The van der Waals surface area contributed by atoms with Crippen LogP contribution in [0.1, 0.15) is 39.3 Å². The Morgan fingerprint density at radius 1 is 1.33 bits per heavy atom. The molecule has 1 aromatic rings. The van der Waals surface area contributed by atoms with Gasteiger partial charge in [0.25, 0.3) is 5.91 Å². The molecule has 1 aromatic heterocycles. The maximum atomic E-state index is 11.5. The molecule has 0 N–H and O–H groups in total. The highest BCUT2D eigenvalue weighted by molar-refractivity contribution is 6.01. The van der Waals surface area contributed by atoms with Crippen LogP contribution in [-0.4, -0.2) is 10.9 Å². The fraction of sp³-hybridized carbons (Fsp3) is 0.333. The Labute approximate surface area is 110 Å². The molecule has 98 valence electrons. The van der Waals surface area contributed by atoms with Crippen molar-refractivity contribution in [3.63, 3.8) is 0 Å². The summed E-state index contributed by atoms with van der Waals surface area (Å²) in [6, 6.07) is 5.59. The van der Waals surface area contributed by atoms with E-state index in [1.54, 1.807) is 6.07 Å². The first-order chi connectivity index (χ1) is 8.60. The van der Waals surface area contributed by atoms with Crippen LogP contribution in [0.4, 0.5) is 5.82 Å². The maximum absolute atomic E-state index is 11.5. The molecule has 1 heterocycles. The van der Waals surface area contributed by atoms with Crippen LogP contribution in [-0.2, 0) is 4.79 Å². The second-order valence-corrected chi connectivity index (χ2v) is 3.67. The van der Waals surface area contributed by atoms with Gasteiger partial charge in [-0.3, -0.25) is 9.69 Å². The molecule has 0 aliphatic rings. The minimum absolute atomic E-state index is 0.233. The Hall–Kier alpha value is -1.90. The first kappa shape index (κ1) is 16.1. The molecule has 0 atom stereocenters. The number of rotatable bonds is 4. The summed E-state index contributed by atoms with van der Waals surface area (Å²) in [5.41, 5.74) is 0.946. The summed E-state index contributed by atoms with van der Waals surface area (Å²) in [4.78, 5) is 17.3. The van der Waals surface area contributed by atoms with Gasteiger partial charge in [0.2, 0.25) is 0 Å². The summed E-state index contributed by atoms with van der Waals surface area (Å²) in [5.74, 6) is 0.667. The largest absolute Gasteiger partial charge is 0.269 e. The number of pyridine rings is 1. The van der Waals surface area contributed by atoms with Gasteiger partial charge in [-0.05, 0) is 24.1 Å². The Morgan fingerprint density at radius 3 is 2.39 bits per heavy atom. The zero-order valence-electron chi connectivity index (χ0n) is 11.7. The highest BCUT2D eigenvalue weighted by Crippen LogP contribution is 2.17. The highest BCUT2D eigenvalue weighted by atomic mass is 16.2. The van der Waals surface area contributed by atoms with Crippen LogP contribution in [0.2, 0.25) is 0 Å². The summed E-state index contributed by atoms with van der Waals surface area (Å²) >= 11 is 0. The predicted molar refractivity (Wildman–Crippen MR) is 77.6 cm³/mol. The molecule has 18 heavy (non-hydrogen) atoms. The summed E-state index contributed by atoms with van der Waals surface area (Å²) in [6.07, 6.45) is 2.68. The molecule has 0 aliphatic heterocycles. The number of anilines is 1. The van der Waals surface area contributed by atoms with Crippen molar-refractivity contribution in [1.29, 1.82) is 0 Å². The Kier molecular flexibility index (Phi) is 7.36. The number of nitrogens with zero attached hydrogens (tertiary/aromatic N) is 2. The smallest absolute Gasteiger partial charge is 0.255 e. The third-order valence-electron chi connectivity index (χ3n) is 2.19. The lowest BCUT2D eigenvalue weighted by molar-refractivity contribution is -0.113. The second kappa shape index (κ2) is 8.23. The van der Waals surface area contributed by atoms with Crippen LogP contribution in [0.3, 0.4) is 0 Å². The van der Waals surface area contributed by atoms with Crippen LogP contribution in [0.25, 0.3) is 0 Å². The van der Waals surface area contributed by atoms with E-state index >= 15 is 0 Å². The third-order valence-corrected chi connectivity index (χ3v) is 2.19. The van der Waals surface area contributed by atoms with Crippen LogP contribution < -0.4 is 4.90 Å². The minimum atomic E-state index is -0.233. The molecule has 1 rings (SSSR count). The standard InChI is InChI=1S/C13H16N2O.C2H6/c1-5-13(16)15(6-2)12-9-7-8-11(14-12)10(3)4;1-2/h5-10H,1-2H2,3-4H3;1-2H3. The number of amides is 1. The highest BCUT2D eigenvalue weighted by Gasteiger charge is 2.11. The zero-order valence-corrected chi connectivity index (χ0v) is 11.7. The average Bonchev–Trinajstić information content (AvgIpc) is 2.42. The van der Waals surface area contributed by atoms with E-state index in [0.29, 0.717) is 11.7 Å². The van der Waals surface area contributed by atoms with Gasteiger partial charge in [0.1, 0.15) is 5.82 Å². The first-order valence-electron chi connectivity index (χ1n) is 6.15. The molecule has 0 radical (unpaired) electrons. The van der Waals surface area contributed by atoms with Crippen molar-refractivity contribution < 1.29 is 4.79 Å². The fourth-order valence-corrected chi connectivity index (χ4v) is 1.29. The molecule has 0 aliphatic carbocycles. The molecular weight excluding hydrogens is 224 g/mol. The summed E-state index contributed by atoms with van der Waals surface area (Å²) < 4.78 is 0. The number of carbonyl (C=O) groups is 1. The van der Waals surface area contributed by atoms with Gasteiger partial charge in [-0.15, -0.1) is 0 Å². The normalized spacial score (nSPS) is 9.17. The van der Waals surface area contributed by atoms with E-state index in [2.05, 4.69) is 32.0 Å². The molecule has 0 aromatic carbocycles. The lowest BCUT2D eigenvalue weighted by Gasteiger charge is -2.16. The zero-order chi connectivity index (χ0) is 14.1. The van der Waals surface area contributed by atoms with E-state index < -0.39 is 0 Å². The van der Waals surface area contributed by atoms with Gasteiger partial charge in [-0.2, -0.15) is 0 Å². The van der Waals surface area contributed by atoms with E-state index in [-0.39, 0.29) is 5.91 Å². The number of carbonyl (C=O) groups excluding carboxylic acids is 1. The van der Waals surface area contributed by atoms with Crippen molar-refractivity contribution in [1.82, 2.24) is 4.98 Å². The van der Waals surface area contributed by atoms with Gasteiger partial charge >= 0.3 is 0 Å². The van der Waals surface area contributed by atoms with E-state index in [0.717, 1.165) is 5.69 Å². The first-order valence-corrected chi connectivity index (χ1v) is 6.15. The predicted octanol–water partition coefficient (Wildman–Crippen LogP) is 3.89. The maximum Gasteiger partial charge on any atom is 0.255 e. The molecule has 0 bridgehead atoms. The van der Waals surface area contributed by atoms with E-state index in [1.807, 2.05) is 26.0 Å². The average molecular weight is 246 g/mol. The molecule has 0 spiro atoms. The minimum Gasteiger partial charge on any atom is -0.269 e. The SMILES string of the molecule is C=CC(=O)N(C=C)c1cccc(C(C)C)n1.CC. The van der Waals surface area contributed by atoms with Crippen molar-refractivity contribution in [2.45, 2.75) is 33.6 Å². The van der Waals surface area contributed by atoms with Crippen molar-refractivity contribution >= 4 is 11.7 Å². The van der Waals surface area contributed by atoms with Gasteiger partial charge in [-0.1, -0.05) is 46.9 Å². The van der Waals surface area contributed by atoms with Gasteiger partial charge in [0.05, 0.1) is 0 Å². The number of aromatic nitrogens is 1. The molecular formula is C15H22N2O. The van der Waals surface area contributed by atoms with Crippen molar-refractivity contribution in [3.8, 4) is 0 Å². The molecule has 3 nitrogen and oxygen atoms in total. The number of hydrogen-bond donors (Lipinski definition) is 0. The Bertz CT molecular complexity index is 411. The van der Waals surface area contributed by atoms with Crippen LogP contribution >= 0.6 is 0 Å². The van der Waals surface area contributed by atoms with Gasteiger partial charge in [-0.25, -0.2) is 4.98 Å². The van der Waals surface area contributed by atoms with Gasteiger partial charge in [0, 0.05) is 11.9 Å². The van der Waals surface area contributed by atoms with Gasteiger partial charge in [0.15, 0.2) is 0 Å². The second-order valence-electron chi connectivity index (χ2n) is 3.67. The van der Waals surface area contributed by atoms with Crippen molar-refractivity contribution in [3.05, 3.63) is 49.3 Å². The molecule has 3 heteroatoms. The fourth-order valence-electron chi connectivity index (χ4n) is 1.29. The van der Waals surface area contributed by atoms with Crippen LogP contribution in [0.15, 0.2) is 43.6 Å². The topological polar surface area (TPSA) is 33.2 Å². The van der Waals surface area contributed by atoms with Crippen LogP contribution in [0, 0.1) is 0 Å². The van der Waals surface area contributed by atoms with E-state index in [9.17, 15) is 4.79 Å². The summed E-state index contributed by atoms with van der Waals surface area (Å²) in [5, 5.41) is 0.